The number of piperazine rings is 1. The van der Waals surface area contributed by atoms with E-state index in [9.17, 15) is 9.90 Å². The zero-order chi connectivity index (χ0) is 19.2. The molecule has 144 valence electrons. The summed E-state index contributed by atoms with van der Waals surface area (Å²) in [5.74, 6) is 0.813. The van der Waals surface area contributed by atoms with Crippen LogP contribution in [0.5, 0.6) is 5.75 Å². The van der Waals surface area contributed by atoms with Crippen LogP contribution in [0.4, 0.5) is 11.4 Å². The van der Waals surface area contributed by atoms with Gasteiger partial charge in [0.15, 0.2) is 6.54 Å². The lowest BCUT2D eigenvalue weighted by atomic mass is 9.97. The number of amides is 1. The molecule has 1 aliphatic heterocycles. The summed E-state index contributed by atoms with van der Waals surface area (Å²) in [6.07, 6.45) is 1.05. The van der Waals surface area contributed by atoms with Crippen molar-refractivity contribution in [2.75, 3.05) is 42.9 Å². The van der Waals surface area contributed by atoms with Crippen molar-refractivity contribution in [1.82, 2.24) is 0 Å². The number of quaternary nitrogens is 1. The predicted molar refractivity (Wildman–Crippen MR) is 110 cm³/mol. The van der Waals surface area contributed by atoms with Crippen molar-refractivity contribution in [3.05, 3.63) is 54.1 Å². The fourth-order valence-corrected chi connectivity index (χ4v) is 3.65. The summed E-state index contributed by atoms with van der Waals surface area (Å²) in [5.41, 5.74) is 3.01. The van der Waals surface area contributed by atoms with Crippen LogP contribution in [0.2, 0.25) is 0 Å². The fourth-order valence-electron chi connectivity index (χ4n) is 3.65. The summed E-state index contributed by atoms with van der Waals surface area (Å²) < 4.78 is 0. The second-order valence-corrected chi connectivity index (χ2v) is 7.35. The van der Waals surface area contributed by atoms with Crippen molar-refractivity contribution >= 4 is 17.3 Å². The third-order valence-electron chi connectivity index (χ3n) is 5.48. The van der Waals surface area contributed by atoms with E-state index in [1.807, 2.05) is 36.4 Å². The van der Waals surface area contributed by atoms with Crippen LogP contribution in [0, 0.1) is 0 Å². The highest BCUT2D eigenvalue weighted by Crippen LogP contribution is 2.27. The number of rotatable bonds is 6. The molecule has 5 nitrogen and oxygen atoms in total. The van der Waals surface area contributed by atoms with Gasteiger partial charge in [0.05, 0.1) is 31.9 Å². The lowest BCUT2D eigenvalue weighted by Crippen LogP contribution is -3.15. The van der Waals surface area contributed by atoms with E-state index in [1.165, 1.54) is 10.5 Å². The van der Waals surface area contributed by atoms with E-state index < -0.39 is 0 Å². The molecule has 0 aliphatic carbocycles. The van der Waals surface area contributed by atoms with Crippen LogP contribution in [-0.2, 0) is 4.79 Å². The minimum atomic E-state index is 0.0664. The number of hydrogen-bond acceptors (Lipinski definition) is 3. The Morgan fingerprint density at radius 3 is 2.52 bits per heavy atom. The van der Waals surface area contributed by atoms with Crippen molar-refractivity contribution < 1.29 is 14.8 Å². The van der Waals surface area contributed by atoms with Crippen LogP contribution < -0.4 is 15.1 Å². The molecule has 0 radical (unpaired) electrons. The van der Waals surface area contributed by atoms with Gasteiger partial charge in [-0.05, 0) is 36.1 Å². The van der Waals surface area contributed by atoms with E-state index in [4.69, 9.17) is 0 Å². The second kappa shape index (κ2) is 8.91. The Morgan fingerprint density at radius 1 is 1.15 bits per heavy atom. The Labute approximate surface area is 161 Å². The number of carbonyl (C=O) groups excluding carboxylic acids is 1. The number of aromatic hydroxyl groups is 1. The molecule has 0 aromatic heterocycles. The first-order valence-corrected chi connectivity index (χ1v) is 9.83. The highest BCUT2D eigenvalue weighted by atomic mass is 16.3. The van der Waals surface area contributed by atoms with Crippen LogP contribution in [-0.4, -0.2) is 43.7 Å². The first-order chi connectivity index (χ1) is 13.1. The number of phenolic OH excluding ortho intramolecular Hbond substituents is 1. The maximum Gasteiger partial charge on any atom is 0.279 e. The fraction of sp³-hybridized carbons (Fsp3) is 0.409. The van der Waals surface area contributed by atoms with Gasteiger partial charge in [0.1, 0.15) is 5.75 Å². The average molecular weight is 369 g/mol. The van der Waals surface area contributed by atoms with E-state index in [0.717, 1.165) is 44.0 Å². The molecule has 1 heterocycles. The second-order valence-electron chi connectivity index (χ2n) is 7.35. The number of para-hydroxylation sites is 3. The Hall–Kier alpha value is -2.53. The van der Waals surface area contributed by atoms with Gasteiger partial charge >= 0.3 is 0 Å². The topological polar surface area (TPSA) is 57.0 Å². The van der Waals surface area contributed by atoms with E-state index in [1.54, 1.807) is 6.07 Å². The van der Waals surface area contributed by atoms with E-state index in [0.29, 0.717) is 18.2 Å². The zero-order valence-corrected chi connectivity index (χ0v) is 16.2. The normalized spacial score (nSPS) is 16.1. The Balaban J connectivity index is 1.54. The molecule has 1 aliphatic rings. The van der Waals surface area contributed by atoms with Crippen molar-refractivity contribution in [2.45, 2.75) is 26.2 Å². The van der Waals surface area contributed by atoms with Crippen molar-refractivity contribution in [1.29, 1.82) is 0 Å². The third kappa shape index (κ3) is 4.80. The number of phenols is 1. The molecule has 0 bridgehead atoms. The van der Waals surface area contributed by atoms with E-state index in [2.05, 4.69) is 30.1 Å². The van der Waals surface area contributed by atoms with Crippen molar-refractivity contribution in [3.63, 3.8) is 0 Å². The lowest BCUT2D eigenvalue weighted by molar-refractivity contribution is -0.892. The number of benzene rings is 2. The lowest BCUT2D eigenvalue weighted by Gasteiger charge is -2.33. The minimum absolute atomic E-state index is 0.0664. The summed E-state index contributed by atoms with van der Waals surface area (Å²) >= 11 is 0. The van der Waals surface area contributed by atoms with Crippen molar-refractivity contribution in [2.24, 2.45) is 0 Å². The quantitative estimate of drug-likeness (QED) is 0.733. The first kappa shape index (κ1) is 19.2. The average Bonchev–Trinajstić information content (AvgIpc) is 2.69. The van der Waals surface area contributed by atoms with Crippen LogP contribution in [0.1, 0.15) is 31.7 Å². The van der Waals surface area contributed by atoms with Gasteiger partial charge in [-0.1, -0.05) is 44.2 Å². The molecule has 1 atom stereocenters. The van der Waals surface area contributed by atoms with Gasteiger partial charge in [0, 0.05) is 5.69 Å². The molecule has 2 aromatic carbocycles. The van der Waals surface area contributed by atoms with Gasteiger partial charge in [-0.15, -0.1) is 0 Å². The first-order valence-electron chi connectivity index (χ1n) is 9.83. The molecule has 2 aromatic rings. The molecular formula is C22H30N3O2+. The molecule has 1 saturated heterocycles. The van der Waals surface area contributed by atoms with Crippen LogP contribution in [0.15, 0.2) is 48.5 Å². The molecule has 3 rings (SSSR count). The summed E-state index contributed by atoms with van der Waals surface area (Å²) in [4.78, 5) is 16.0. The molecule has 1 amide bonds. The smallest absolute Gasteiger partial charge is 0.279 e. The molecule has 0 unspecified atom stereocenters. The van der Waals surface area contributed by atoms with E-state index >= 15 is 0 Å². The van der Waals surface area contributed by atoms with Gasteiger partial charge in [0.2, 0.25) is 0 Å². The standard InChI is InChI=1S/C22H29N3O2/c1-3-17(2)18-8-4-5-9-19(18)23-22(27)16-24-12-14-25(15-13-24)20-10-6-7-11-21(20)26/h4-11,17,26H,3,12-16H2,1-2H3,(H,23,27)/p+1/t17-/m1/s1. The third-order valence-corrected chi connectivity index (χ3v) is 5.48. The summed E-state index contributed by atoms with van der Waals surface area (Å²) in [7, 11) is 0. The molecule has 1 fully saturated rings. The highest BCUT2D eigenvalue weighted by molar-refractivity contribution is 5.92. The Bertz CT molecular complexity index is 770. The molecule has 0 saturated carbocycles. The molecule has 0 spiro atoms. The van der Waals surface area contributed by atoms with Crippen LogP contribution >= 0.6 is 0 Å². The number of anilines is 2. The number of nitrogens with one attached hydrogen (secondary N) is 2. The van der Waals surface area contributed by atoms with Gasteiger partial charge < -0.3 is 20.2 Å². The number of carbonyl (C=O) groups is 1. The summed E-state index contributed by atoms with van der Waals surface area (Å²) in [5, 5.41) is 13.1. The summed E-state index contributed by atoms with van der Waals surface area (Å²) in [6.45, 7) is 8.27. The predicted octanol–water partition coefficient (Wildman–Crippen LogP) is 2.25. The van der Waals surface area contributed by atoms with Crippen LogP contribution in [0.25, 0.3) is 0 Å². The minimum Gasteiger partial charge on any atom is -0.506 e. The van der Waals surface area contributed by atoms with Crippen LogP contribution in [0.3, 0.4) is 0 Å². The maximum atomic E-state index is 12.6. The van der Waals surface area contributed by atoms with Gasteiger partial charge in [-0.2, -0.15) is 0 Å². The monoisotopic (exact) mass is 368 g/mol. The summed E-state index contributed by atoms with van der Waals surface area (Å²) in [6, 6.07) is 15.5. The van der Waals surface area contributed by atoms with Gasteiger partial charge in [-0.3, -0.25) is 4.79 Å². The van der Waals surface area contributed by atoms with Gasteiger partial charge in [-0.25, -0.2) is 0 Å². The maximum absolute atomic E-state index is 12.6. The van der Waals surface area contributed by atoms with Crippen molar-refractivity contribution in [3.8, 4) is 5.75 Å². The Morgan fingerprint density at radius 2 is 1.81 bits per heavy atom. The van der Waals surface area contributed by atoms with Gasteiger partial charge in [0.25, 0.3) is 5.91 Å². The highest BCUT2D eigenvalue weighted by Gasteiger charge is 2.24. The molecular weight excluding hydrogens is 338 g/mol. The Kier molecular flexibility index (Phi) is 6.35. The molecule has 3 N–H and O–H groups in total. The van der Waals surface area contributed by atoms with E-state index in [-0.39, 0.29) is 5.91 Å². The molecule has 5 heteroatoms. The zero-order valence-electron chi connectivity index (χ0n) is 16.2. The number of hydrogen-bond donors (Lipinski definition) is 3. The molecule has 27 heavy (non-hydrogen) atoms. The SMILES string of the molecule is CC[C@@H](C)c1ccccc1NC(=O)C[NH+]1CCN(c2ccccc2O)CC1. The number of nitrogens with zero attached hydrogens (tertiary/aromatic N) is 1. The largest absolute Gasteiger partial charge is 0.506 e.